The Bertz CT molecular complexity index is 1030. The summed E-state index contributed by atoms with van der Waals surface area (Å²) in [5.41, 5.74) is 2.60. The number of nitrogens with one attached hydrogen (secondary N) is 1. The molecule has 0 aliphatic carbocycles. The molecule has 31 heavy (non-hydrogen) atoms. The predicted octanol–water partition coefficient (Wildman–Crippen LogP) is 4.19. The Kier molecular flexibility index (Phi) is 6.26. The Hall–Kier alpha value is -3.67. The van der Waals surface area contributed by atoms with Crippen LogP contribution in [0, 0.1) is 0 Å². The van der Waals surface area contributed by atoms with Crippen LogP contribution < -0.4 is 24.3 Å². The lowest BCUT2D eigenvalue weighted by Crippen LogP contribution is -2.30. The molecule has 1 N–H and O–H groups in total. The maximum absolute atomic E-state index is 13.1. The highest BCUT2D eigenvalue weighted by molar-refractivity contribution is 5.95. The largest absolute Gasteiger partial charge is 0.497 e. The van der Waals surface area contributed by atoms with Crippen molar-refractivity contribution < 1.29 is 23.7 Å². The second-order valence-electron chi connectivity index (χ2n) is 7.21. The van der Waals surface area contributed by atoms with Crippen LogP contribution in [0.4, 0.5) is 0 Å². The fraction of sp³-hybridized carbons (Fsp3) is 0.240. The van der Waals surface area contributed by atoms with E-state index in [2.05, 4.69) is 5.32 Å². The van der Waals surface area contributed by atoms with E-state index in [0.29, 0.717) is 36.7 Å². The third kappa shape index (κ3) is 4.91. The fourth-order valence-corrected chi connectivity index (χ4v) is 3.51. The van der Waals surface area contributed by atoms with Crippen LogP contribution in [0.2, 0.25) is 0 Å². The van der Waals surface area contributed by atoms with Crippen LogP contribution in [0.15, 0.2) is 66.7 Å². The Morgan fingerprint density at radius 3 is 2.13 bits per heavy atom. The van der Waals surface area contributed by atoms with E-state index in [-0.39, 0.29) is 11.9 Å². The van der Waals surface area contributed by atoms with E-state index in [1.165, 1.54) is 0 Å². The second kappa shape index (κ2) is 9.43. The molecule has 0 saturated heterocycles. The number of carbonyl (C=O) groups is 1. The highest BCUT2D eigenvalue weighted by Gasteiger charge is 2.19. The summed E-state index contributed by atoms with van der Waals surface area (Å²) in [6.45, 7) is 0.990. The molecule has 1 amide bonds. The molecule has 0 spiro atoms. The second-order valence-corrected chi connectivity index (χ2v) is 7.21. The summed E-state index contributed by atoms with van der Waals surface area (Å²) < 4.78 is 21.7. The Labute approximate surface area is 181 Å². The van der Waals surface area contributed by atoms with Crippen molar-refractivity contribution in [1.29, 1.82) is 0 Å². The molecular formula is C25H25NO5. The number of carbonyl (C=O) groups excluding carboxylic acids is 1. The summed E-state index contributed by atoms with van der Waals surface area (Å²) >= 11 is 0. The number of benzene rings is 3. The zero-order chi connectivity index (χ0) is 21.6. The Balaban J connectivity index is 1.57. The van der Waals surface area contributed by atoms with Crippen LogP contribution in [-0.2, 0) is 6.42 Å². The van der Waals surface area contributed by atoms with E-state index in [4.69, 9.17) is 18.9 Å². The molecule has 1 aliphatic rings. The highest BCUT2D eigenvalue weighted by atomic mass is 16.6. The predicted molar refractivity (Wildman–Crippen MR) is 117 cm³/mol. The van der Waals surface area contributed by atoms with Crippen LogP contribution in [-0.4, -0.2) is 33.3 Å². The van der Waals surface area contributed by atoms with Gasteiger partial charge in [0.15, 0.2) is 11.5 Å². The van der Waals surface area contributed by atoms with Gasteiger partial charge >= 0.3 is 0 Å². The van der Waals surface area contributed by atoms with Gasteiger partial charge in [0.1, 0.15) is 24.7 Å². The molecule has 3 aromatic carbocycles. The zero-order valence-electron chi connectivity index (χ0n) is 17.6. The topological polar surface area (TPSA) is 66.0 Å². The van der Waals surface area contributed by atoms with Gasteiger partial charge in [0.05, 0.1) is 20.3 Å². The molecule has 1 heterocycles. The van der Waals surface area contributed by atoms with Gasteiger partial charge in [-0.1, -0.05) is 24.3 Å². The van der Waals surface area contributed by atoms with E-state index in [1.54, 1.807) is 32.4 Å². The molecule has 0 fully saturated rings. The molecule has 1 aliphatic heterocycles. The molecule has 0 saturated carbocycles. The lowest BCUT2D eigenvalue weighted by Gasteiger charge is -2.22. The molecule has 6 nitrogen and oxygen atoms in total. The molecule has 0 unspecified atom stereocenters. The number of hydrogen-bond acceptors (Lipinski definition) is 5. The summed E-state index contributed by atoms with van der Waals surface area (Å²) in [5, 5.41) is 3.16. The van der Waals surface area contributed by atoms with Crippen LogP contribution >= 0.6 is 0 Å². The van der Waals surface area contributed by atoms with Crippen molar-refractivity contribution in [3.63, 3.8) is 0 Å². The van der Waals surface area contributed by atoms with Crippen LogP contribution in [0.1, 0.15) is 27.5 Å². The number of amides is 1. The van der Waals surface area contributed by atoms with Gasteiger partial charge < -0.3 is 24.3 Å². The zero-order valence-corrected chi connectivity index (χ0v) is 17.6. The molecule has 0 bridgehead atoms. The summed E-state index contributed by atoms with van der Waals surface area (Å²) in [4.78, 5) is 13.1. The average molecular weight is 419 g/mol. The summed E-state index contributed by atoms with van der Waals surface area (Å²) in [5.74, 6) is 2.64. The van der Waals surface area contributed by atoms with Crippen LogP contribution in [0.3, 0.4) is 0 Å². The lowest BCUT2D eigenvalue weighted by molar-refractivity contribution is 0.0935. The molecule has 160 valence electrons. The average Bonchev–Trinajstić information content (AvgIpc) is 2.83. The minimum absolute atomic E-state index is 0.175. The van der Waals surface area contributed by atoms with E-state index >= 15 is 0 Å². The fourth-order valence-electron chi connectivity index (χ4n) is 3.51. The maximum Gasteiger partial charge on any atom is 0.251 e. The SMILES string of the molecule is COc1ccc(C[C@@H](NC(=O)c2ccc3c(c2)OCCO3)c2ccc(OC)cc2)cc1. The number of fused-ring (bicyclic) bond motifs is 1. The van der Waals surface area contributed by atoms with Crippen molar-refractivity contribution in [2.75, 3.05) is 27.4 Å². The molecule has 1 atom stereocenters. The molecule has 0 radical (unpaired) electrons. The highest BCUT2D eigenvalue weighted by Crippen LogP contribution is 2.31. The summed E-state index contributed by atoms with van der Waals surface area (Å²) in [6, 6.07) is 20.6. The third-order valence-electron chi connectivity index (χ3n) is 5.23. The Morgan fingerprint density at radius 1 is 0.871 bits per heavy atom. The van der Waals surface area contributed by atoms with E-state index < -0.39 is 0 Å². The molecule has 3 aromatic rings. The van der Waals surface area contributed by atoms with Gasteiger partial charge in [-0.2, -0.15) is 0 Å². The molecule has 6 heteroatoms. The third-order valence-corrected chi connectivity index (χ3v) is 5.23. The summed E-state index contributed by atoms with van der Waals surface area (Å²) in [7, 11) is 3.27. The Morgan fingerprint density at radius 2 is 1.48 bits per heavy atom. The van der Waals surface area contributed by atoms with Gasteiger partial charge in [-0.15, -0.1) is 0 Å². The van der Waals surface area contributed by atoms with Crippen LogP contribution in [0.5, 0.6) is 23.0 Å². The first-order valence-electron chi connectivity index (χ1n) is 10.1. The van der Waals surface area contributed by atoms with E-state index in [1.807, 2.05) is 48.5 Å². The van der Waals surface area contributed by atoms with E-state index in [0.717, 1.165) is 22.6 Å². The van der Waals surface area contributed by atoms with Crippen molar-refractivity contribution in [2.24, 2.45) is 0 Å². The van der Waals surface area contributed by atoms with Crippen molar-refractivity contribution in [3.8, 4) is 23.0 Å². The minimum atomic E-state index is -0.222. The lowest BCUT2D eigenvalue weighted by atomic mass is 9.98. The quantitative estimate of drug-likeness (QED) is 0.622. The van der Waals surface area contributed by atoms with Gasteiger partial charge in [0.2, 0.25) is 0 Å². The van der Waals surface area contributed by atoms with Gasteiger partial charge in [-0.25, -0.2) is 0 Å². The van der Waals surface area contributed by atoms with Crippen molar-refractivity contribution in [2.45, 2.75) is 12.5 Å². The first-order valence-corrected chi connectivity index (χ1v) is 10.1. The van der Waals surface area contributed by atoms with Crippen molar-refractivity contribution >= 4 is 5.91 Å². The van der Waals surface area contributed by atoms with Gasteiger partial charge in [-0.3, -0.25) is 4.79 Å². The molecule has 0 aromatic heterocycles. The first kappa shape index (κ1) is 20.6. The monoisotopic (exact) mass is 419 g/mol. The smallest absolute Gasteiger partial charge is 0.251 e. The number of rotatable bonds is 7. The van der Waals surface area contributed by atoms with Gasteiger partial charge in [0, 0.05) is 5.56 Å². The van der Waals surface area contributed by atoms with Crippen LogP contribution in [0.25, 0.3) is 0 Å². The minimum Gasteiger partial charge on any atom is -0.497 e. The van der Waals surface area contributed by atoms with Gasteiger partial charge in [-0.05, 0) is 60.0 Å². The number of hydrogen-bond donors (Lipinski definition) is 1. The van der Waals surface area contributed by atoms with E-state index in [9.17, 15) is 4.79 Å². The normalized spacial score (nSPS) is 13.2. The standard InChI is InChI=1S/C25H25NO5/c1-28-20-8-3-17(4-9-20)15-22(18-5-10-21(29-2)11-6-18)26-25(27)19-7-12-23-24(16-19)31-14-13-30-23/h3-12,16,22H,13-15H2,1-2H3,(H,26,27)/t22-/m1/s1. The first-order chi connectivity index (χ1) is 15.2. The number of methoxy groups -OCH3 is 2. The maximum atomic E-state index is 13.1. The molecule has 4 rings (SSSR count). The summed E-state index contributed by atoms with van der Waals surface area (Å²) in [6.07, 6.45) is 0.632. The molecular weight excluding hydrogens is 394 g/mol. The number of ether oxygens (including phenoxy) is 4. The van der Waals surface area contributed by atoms with Crippen molar-refractivity contribution in [1.82, 2.24) is 5.32 Å². The van der Waals surface area contributed by atoms with Gasteiger partial charge in [0.25, 0.3) is 5.91 Å². The van der Waals surface area contributed by atoms with Crippen molar-refractivity contribution in [3.05, 3.63) is 83.4 Å².